The monoisotopic (exact) mass is 575 g/mol. The standard InChI is InChI=1S/C35H17N3O2S2/c1-37-26(19-36)34-23-8-2-3-9-24(23)35(39)25(34)18-22-14-20-15-32-21(16-31(20)41-22)17-33(42-32)38-27-10-4-6-12-29(27)40-30-13-7-5-11-28(30)38/h2-18H/b25-18-,34-26-. The van der Waals surface area contributed by atoms with Gasteiger partial charge >= 0.3 is 0 Å². The molecule has 1 aliphatic heterocycles. The van der Waals surface area contributed by atoms with E-state index >= 15 is 0 Å². The number of ether oxygens (including phenoxy) is 1. The maximum Gasteiger partial charge on any atom is 0.270 e. The fraction of sp³-hybridized carbons (Fsp3) is 0. The van der Waals surface area contributed by atoms with Crippen LogP contribution in [0.4, 0.5) is 16.4 Å². The molecule has 5 nitrogen and oxygen atoms in total. The molecule has 0 bridgehead atoms. The van der Waals surface area contributed by atoms with E-state index in [1.807, 2.05) is 54.6 Å². The number of anilines is 3. The Kier molecular flexibility index (Phi) is 5.38. The third-order valence-corrected chi connectivity index (χ3v) is 9.64. The van der Waals surface area contributed by atoms with Crippen molar-refractivity contribution in [3.8, 4) is 17.6 Å². The Morgan fingerprint density at radius 2 is 1.45 bits per heavy atom. The van der Waals surface area contributed by atoms with Crippen molar-refractivity contribution in [2.75, 3.05) is 4.90 Å². The molecule has 8 rings (SSSR count). The van der Waals surface area contributed by atoms with E-state index in [1.165, 1.54) is 0 Å². The number of rotatable bonds is 2. The van der Waals surface area contributed by atoms with E-state index in [1.54, 1.807) is 40.9 Å². The van der Waals surface area contributed by atoms with Crippen LogP contribution < -0.4 is 9.64 Å². The van der Waals surface area contributed by atoms with Gasteiger partial charge in [-0.25, -0.2) is 10.1 Å². The summed E-state index contributed by atoms with van der Waals surface area (Å²) in [5.74, 6) is 1.48. The Hall–Kier alpha value is -5.47. The summed E-state index contributed by atoms with van der Waals surface area (Å²) in [7, 11) is 0. The highest BCUT2D eigenvalue weighted by Crippen LogP contribution is 2.52. The first-order valence-electron chi connectivity index (χ1n) is 13.1. The number of allylic oxidation sites excluding steroid dienone is 3. The summed E-state index contributed by atoms with van der Waals surface area (Å²) < 4.78 is 8.44. The Balaban J connectivity index is 1.23. The summed E-state index contributed by atoms with van der Waals surface area (Å²) in [6, 6.07) is 34.0. The molecule has 2 aliphatic rings. The molecule has 3 heterocycles. The molecule has 7 heteroatoms. The SMILES string of the molecule is [C-]#[N+]/C(C#N)=C1\C(=C\c2cc3cc4sc(N5c6ccccc6Oc6ccccc65)cc4cc3s2)C(=O)c2ccccc21. The summed E-state index contributed by atoms with van der Waals surface area (Å²) in [5.41, 5.74) is 3.91. The van der Waals surface area contributed by atoms with Gasteiger partial charge in [-0.2, -0.15) is 0 Å². The topological polar surface area (TPSA) is 57.7 Å². The molecule has 4 aromatic carbocycles. The number of para-hydroxylation sites is 4. The van der Waals surface area contributed by atoms with E-state index < -0.39 is 0 Å². The van der Waals surface area contributed by atoms with Gasteiger partial charge in [-0.1, -0.05) is 48.5 Å². The zero-order valence-corrected chi connectivity index (χ0v) is 23.4. The van der Waals surface area contributed by atoms with Gasteiger partial charge in [0.2, 0.25) is 0 Å². The van der Waals surface area contributed by atoms with Gasteiger partial charge in [0.15, 0.2) is 17.3 Å². The molecular weight excluding hydrogens is 559 g/mol. The molecule has 0 atom stereocenters. The molecule has 0 spiro atoms. The van der Waals surface area contributed by atoms with Crippen molar-refractivity contribution in [1.82, 2.24) is 0 Å². The van der Waals surface area contributed by atoms with Crippen molar-refractivity contribution < 1.29 is 9.53 Å². The zero-order valence-electron chi connectivity index (χ0n) is 21.8. The lowest BCUT2D eigenvalue weighted by Crippen LogP contribution is -2.14. The first-order chi connectivity index (χ1) is 20.6. The molecule has 196 valence electrons. The van der Waals surface area contributed by atoms with Gasteiger partial charge < -0.3 is 4.74 Å². The van der Waals surface area contributed by atoms with E-state index in [0.717, 1.165) is 52.9 Å². The van der Waals surface area contributed by atoms with Gasteiger partial charge in [0, 0.05) is 31.0 Å². The maximum absolute atomic E-state index is 13.4. The average molecular weight is 576 g/mol. The van der Waals surface area contributed by atoms with Crippen LogP contribution in [0.25, 0.3) is 36.7 Å². The molecule has 2 aromatic heterocycles. The Bertz CT molecular complexity index is 2180. The molecule has 0 saturated heterocycles. The van der Waals surface area contributed by atoms with Crippen LogP contribution in [0.2, 0.25) is 0 Å². The Labute approximate surface area is 248 Å². The third-order valence-electron chi connectivity index (χ3n) is 7.51. The summed E-state index contributed by atoms with van der Waals surface area (Å²) in [5, 5.41) is 12.9. The van der Waals surface area contributed by atoms with Crippen LogP contribution in [-0.4, -0.2) is 5.78 Å². The second-order valence-electron chi connectivity index (χ2n) is 9.91. The lowest BCUT2D eigenvalue weighted by Gasteiger charge is -2.31. The number of nitriles is 1. The highest BCUT2D eigenvalue weighted by Gasteiger charge is 2.32. The number of hydrogen-bond acceptors (Lipinski definition) is 6. The normalized spacial score (nSPS) is 15.6. The van der Waals surface area contributed by atoms with E-state index in [0.29, 0.717) is 22.3 Å². The van der Waals surface area contributed by atoms with Crippen molar-refractivity contribution in [2.45, 2.75) is 0 Å². The van der Waals surface area contributed by atoms with Crippen LogP contribution in [0.5, 0.6) is 11.5 Å². The predicted octanol–water partition coefficient (Wildman–Crippen LogP) is 10.1. The Morgan fingerprint density at radius 1 is 0.833 bits per heavy atom. The minimum atomic E-state index is -0.161. The van der Waals surface area contributed by atoms with Crippen LogP contribution in [0.15, 0.2) is 108 Å². The van der Waals surface area contributed by atoms with Crippen LogP contribution in [-0.2, 0) is 0 Å². The molecular formula is C35H17N3O2S2. The second kappa shape index (κ2) is 9.29. The number of ketones is 1. The first kappa shape index (κ1) is 24.3. The molecule has 42 heavy (non-hydrogen) atoms. The first-order valence-corrected chi connectivity index (χ1v) is 14.8. The van der Waals surface area contributed by atoms with Crippen LogP contribution in [0, 0.1) is 17.9 Å². The lowest BCUT2D eigenvalue weighted by molar-refractivity contribution is 0.104. The number of nitrogens with zero attached hydrogens (tertiary/aromatic N) is 3. The number of Topliss-reactive ketones (excluding diaryl/α,β-unsaturated/α-hetero) is 1. The van der Waals surface area contributed by atoms with Crippen molar-refractivity contribution in [3.05, 3.63) is 136 Å². The predicted molar refractivity (Wildman–Crippen MR) is 170 cm³/mol. The molecule has 0 radical (unpaired) electrons. The van der Waals surface area contributed by atoms with Crippen LogP contribution in [0.1, 0.15) is 20.8 Å². The average Bonchev–Trinajstić information content (AvgIpc) is 3.69. The van der Waals surface area contributed by atoms with Crippen LogP contribution >= 0.6 is 22.7 Å². The lowest BCUT2D eigenvalue weighted by atomic mass is 10.0. The summed E-state index contributed by atoms with van der Waals surface area (Å²) in [6.07, 6.45) is 1.83. The van der Waals surface area contributed by atoms with E-state index in [2.05, 4.69) is 46.1 Å². The van der Waals surface area contributed by atoms with Gasteiger partial charge in [-0.15, -0.1) is 22.7 Å². The number of benzene rings is 4. The largest absolute Gasteiger partial charge is 0.453 e. The fourth-order valence-electron chi connectivity index (χ4n) is 5.68. The van der Waals surface area contributed by atoms with Gasteiger partial charge in [-0.3, -0.25) is 9.69 Å². The molecule has 0 unspecified atom stereocenters. The van der Waals surface area contributed by atoms with E-state index in [9.17, 15) is 10.1 Å². The third kappa shape index (κ3) is 3.62. The zero-order chi connectivity index (χ0) is 28.4. The molecule has 1 aliphatic carbocycles. The maximum atomic E-state index is 13.4. The fourth-order valence-corrected chi connectivity index (χ4v) is 7.84. The van der Waals surface area contributed by atoms with Gasteiger partial charge in [0.1, 0.15) is 5.00 Å². The van der Waals surface area contributed by atoms with Crippen molar-refractivity contribution in [3.63, 3.8) is 0 Å². The Morgan fingerprint density at radius 3 is 2.14 bits per heavy atom. The molecule has 0 amide bonds. The molecule has 6 aromatic rings. The summed E-state index contributed by atoms with van der Waals surface area (Å²) in [4.78, 5) is 19.9. The second-order valence-corrected chi connectivity index (χ2v) is 12.1. The molecule has 0 fully saturated rings. The van der Waals surface area contributed by atoms with Gasteiger partial charge in [0.25, 0.3) is 5.70 Å². The quantitative estimate of drug-likeness (QED) is 0.117. The highest BCUT2D eigenvalue weighted by molar-refractivity contribution is 7.23. The minimum absolute atomic E-state index is 0.0695. The number of carbonyl (C=O) groups is 1. The molecule has 0 N–H and O–H groups in total. The van der Waals surface area contributed by atoms with E-state index in [4.69, 9.17) is 11.3 Å². The number of fused-ring (bicyclic) bond motifs is 5. The summed E-state index contributed by atoms with van der Waals surface area (Å²) in [6.45, 7) is 7.53. The van der Waals surface area contributed by atoms with Crippen LogP contribution in [0.3, 0.4) is 0 Å². The van der Waals surface area contributed by atoms with Gasteiger partial charge in [-0.05, 0) is 70.9 Å². The number of hydrogen-bond donors (Lipinski definition) is 0. The van der Waals surface area contributed by atoms with Crippen molar-refractivity contribution in [1.29, 1.82) is 5.26 Å². The minimum Gasteiger partial charge on any atom is -0.453 e. The smallest absolute Gasteiger partial charge is 0.270 e. The van der Waals surface area contributed by atoms with Crippen molar-refractivity contribution in [2.24, 2.45) is 0 Å². The number of carbonyl (C=O) groups excluding carboxylic acids is 1. The number of thiophene rings is 2. The van der Waals surface area contributed by atoms with Gasteiger partial charge in [0.05, 0.1) is 24.0 Å². The van der Waals surface area contributed by atoms with E-state index in [-0.39, 0.29) is 11.5 Å². The highest BCUT2D eigenvalue weighted by atomic mass is 32.1. The van der Waals surface area contributed by atoms with Crippen molar-refractivity contribution >= 4 is 76.7 Å². The molecule has 0 saturated carbocycles. The summed E-state index contributed by atoms with van der Waals surface area (Å²) >= 11 is 3.31.